The third-order valence-electron chi connectivity index (χ3n) is 5.89. The second-order valence-electron chi connectivity index (χ2n) is 8.61. The fourth-order valence-electron chi connectivity index (χ4n) is 4.10. The van der Waals surface area contributed by atoms with Gasteiger partial charge in [-0.2, -0.15) is 5.10 Å². The first-order valence-corrected chi connectivity index (χ1v) is 12.0. The van der Waals surface area contributed by atoms with E-state index >= 15 is 0 Å². The van der Waals surface area contributed by atoms with E-state index in [1.807, 2.05) is 36.4 Å². The summed E-state index contributed by atoms with van der Waals surface area (Å²) >= 11 is 0. The van der Waals surface area contributed by atoms with E-state index in [1.54, 1.807) is 11.0 Å². The minimum Gasteiger partial charge on any atom is -0.505 e. The van der Waals surface area contributed by atoms with Gasteiger partial charge in [-0.25, -0.2) is 0 Å². The van der Waals surface area contributed by atoms with Crippen LogP contribution in [0.15, 0.2) is 48.7 Å². The molecule has 0 saturated carbocycles. The molecule has 4 heteroatoms. The molecule has 2 aromatic carbocycles. The maximum Gasteiger partial charge on any atom is 0.146 e. The molecule has 1 N–H and O–H groups in total. The van der Waals surface area contributed by atoms with Crippen LogP contribution >= 0.6 is 0 Å². The Bertz CT molecular complexity index is 917. The third-order valence-corrected chi connectivity index (χ3v) is 5.89. The van der Waals surface area contributed by atoms with Gasteiger partial charge in [0.05, 0.1) is 6.20 Å². The van der Waals surface area contributed by atoms with Gasteiger partial charge in [0.15, 0.2) is 0 Å². The number of aromatic hydroxyl groups is 1. The highest BCUT2D eigenvalue weighted by Crippen LogP contribution is 2.29. The minimum atomic E-state index is 0.303. The minimum absolute atomic E-state index is 0.303. The molecule has 0 fully saturated rings. The molecule has 0 bridgehead atoms. The molecule has 0 radical (unpaired) electrons. The Kier molecular flexibility index (Phi) is 9.14. The van der Waals surface area contributed by atoms with Crippen molar-refractivity contribution in [1.29, 1.82) is 0 Å². The molecule has 0 aliphatic rings. The van der Waals surface area contributed by atoms with Crippen LogP contribution in [0.4, 0.5) is 0 Å². The van der Waals surface area contributed by atoms with E-state index in [0.717, 1.165) is 35.2 Å². The molecule has 0 amide bonds. The number of nitrogens with zero attached hydrogens (tertiary/aromatic N) is 3. The van der Waals surface area contributed by atoms with Crippen molar-refractivity contribution in [2.45, 2.75) is 84.5 Å². The Morgan fingerprint density at radius 2 is 1.48 bits per heavy atom. The number of hydrogen-bond donors (Lipinski definition) is 1. The van der Waals surface area contributed by atoms with Crippen LogP contribution in [0, 0.1) is 6.92 Å². The molecule has 0 atom stereocenters. The smallest absolute Gasteiger partial charge is 0.146 e. The van der Waals surface area contributed by atoms with Crippen LogP contribution in [0.25, 0.3) is 16.9 Å². The molecule has 0 unspecified atom stereocenters. The molecule has 3 aromatic rings. The van der Waals surface area contributed by atoms with E-state index in [2.05, 4.69) is 30.1 Å². The van der Waals surface area contributed by atoms with Crippen molar-refractivity contribution in [3.63, 3.8) is 0 Å². The predicted molar refractivity (Wildman–Crippen MR) is 129 cm³/mol. The highest BCUT2D eigenvalue weighted by molar-refractivity contribution is 5.58. The fraction of sp³-hybridized carbons (Fsp3) is 0.481. The lowest BCUT2D eigenvalue weighted by Gasteiger charge is -2.11. The molecule has 31 heavy (non-hydrogen) atoms. The molecule has 0 spiro atoms. The lowest BCUT2D eigenvalue weighted by atomic mass is 10.0. The van der Waals surface area contributed by atoms with E-state index in [0.29, 0.717) is 11.4 Å². The molecule has 4 nitrogen and oxygen atoms in total. The lowest BCUT2D eigenvalue weighted by molar-refractivity contribution is 0.458. The van der Waals surface area contributed by atoms with Crippen LogP contribution in [0.1, 0.15) is 82.3 Å². The topological polar surface area (TPSA) is 50.9 Å². The summed E-state index contributed by atoms with van der Waals surface area (Å²) in [7, 11) is 0. The summed E-state index contributed by atoms with van der Waals surface area (Å²) in [4.78, 5) is 1.55. The Morgan fingerprint density at radius 1 is 0.839 bits per heavy atom. The summed E-state index contributed by atoms with van der Waals surface area (Å²) in [5.41, 5.74) is 4.59. The Labute approximate surface area is 187 Å². The molecular formula is C27H37N3O. The maximum atomic E-state index is 10.9. The molecule has 0 aliphatic heterocycles. The zero-order valence-electron chi connectivity index (χ0n) is 19.2. The van der Waals surface area contributed by atoms with Gasteiger partial charge in [-0.05, 0) is 37.0 Å². The Hall–Kier alpha value is -2.62. The highest BCUT2D eigenvalue weighted by atomic mass is 16.3. The number of unbranched alkanes of at least 4 members (excludes halogenated alkanes) is 9. The highest BCUT2D eigenvalue weighted by Gasteiger charge is 2.13. The molecule has 1 aromatic heterocycles. The van der Waals surface area contributed by atoms with E-state index in [-0.39, 0.29) is 0 Å². The molecular weight excluding hydrogens is 382 g/mol. The zero-order chi connectivity index (χ0) is 21.9. The van der Waals surface area contributed by atoms with Crippen molar-refractivity contribution in [1.82, 2.24) is 15.0 Å². The molecule has 0 saturated heterocycles. The van der Waals surface area contributed by atoms with Gasteiger partial charge in [-0.3, -0.25) is 0 Å². The van der Waals surface area contributed by atoms with Gasteiger partial charge in [-0.15, -0.1) is 9.90 Å². The molecule has 3 rings (SSSR count). The zero-order valence-corrected chi connectivity index (χ0v) is 19.2. The largest absolute Gasteiger partial charge is 0.505 e. The number of hydrogen-bond acceptors (Lipinski definition) is 3. The average molecular weight is 420 g/mol. The molecule has 0 aliphatic carbocycles. The first kappa shape index (κ1) is 23.1. The molecule has 166 valence electrons. The number of rotatable bonds is 13. The first-order chi connectivity index (χ1) is 15.2. The van der Waals surface area contributed by atoms with Gasteiger partial charge >= 0.3 is 0 Å². The van der Waals surface area contributed by atoms with E-state index in [9.17, 15) is 5.11 Å². The summed E-state index contributed by atoms with van der Waals surface area (Å²) in [5.74, 6) is 0.303. The van der Waals surface area contributed by atoms with Crippen LogP contribution in [-0.2, 0) is 6.42 Å². The van der Waals surface area contributed by atoms with Crippen LogP contribution in [0.5, 0.6) is 5.75 Å². The van der Waals surface area contributed by atoms with Crippen molar-refractivity contribution < 1.29 is 5.11 Å². The number of aryl methyl sites for hydroxylation is 2. The number of phenols is 1. The number of aromatic nitrogens is 3. The van der Waals surface area contributed by atoms with Gasteiger partial charge in [0, 0.05) is 5.56 Å². The van der Waals surface area contributed by atoms with Crippen molar-refractivity contribution in [3.8, 4) is 22.7 Å². The monoisotopic (exact) mass is 419 g/mol. The van der Waals surface area contributed by atoms with Gasteiger partial charge in [0.2, 0.25) is 0 Å². The van der Waals surface area contributed by atoms with E-state index < -0.39 is 0 Å². The Balaban J connectivity index is 1.52. The number of benzene rings is 2. The van der Waals surface area contributed by atoms with Gasteiger partial charge < -0.3 is 5.11 Å². The van der Waals surface area contributed by atoms with Gasteiger partial charge in [0.25, 0.3) is 0 Å². The third kappa shape index (κ3) is 6.95. The number of phenolic OH excluding ortho intramolecular Hbond substituents is 1. The fourth-order valence-corrected chi connectivity index (χ4v) is 4.10. The van der Waals surface area contributed by atoms with Crippen molar-refractivity contribution >= 4 is 0 Å². The van der Waals surface area contributed by atoms with Crippen molar-refractivity contribution in [2.24, 2.45) is 0 Å². The van der Waals surface area contributed by atoms with Crippen LogP contribution in [-0.4, -0.2) is 20.1 Å². The standard InChI is InChI=1S/C27H37N3O/c1-3-4-5-6-7-8-9-10-11-13-18-24-19-22(2)20-26(27(24)31)30-28-21-25(29-30)23-16-14-12-15-17-23/h12,14-17,19-21,31H,3-11,13,18H2,1-2H3. The quantitative estimate of drug-likeness (QED) is 0.293. The molecule has 1 heterocycles. The predicted octanol–water partition coefficient (Wildman–Crippen LogP) is 7.41. The van der Waals surface area contributed by atoms with E-state index in [4.69, 9.17) is 0 Å². The Morgan fingerprint density at radius 3 is 2.16 bits per heavy atom. The summed E-state index contributed by atoms with van der Waals surface area (Å²) < 4.78 is 0. The second kappa shape index (κ2) is 12.3. The SMILES string of the molecule is CCCCCCCCCCCCc1cc(C)cc(-n2ncc(-c3ccccc3)n2)c1O. The first-order valence-electron chi connectivity index (χ1n) is 12.0. The summed E-state index contributed by atoms with van der Waals surface area (Å²) in [6.07, 6.45) is 15.8. The van der Waals surface area contributed by atoms with Crippen molar-refractivity contribution in [3.05, 3.63) is 59.8 Å². The van der Waals surface area contributed by atoms with Crippen molar-refractivity contribution in [2.75, 3.05) is 0 Å². The summed E-state index contributed by atoms with van der Waals surface area (Å²) in [6, 6.07) is 14.0. The summed E-state index contributed by atoms with van der Waals surface area (Å²) in [6.45, 7) is 4.33. The lowest BCUT2D eigenvalue weighted by Crippen LogP contribution is -2.02. The normalized spacial score (nSPS) is 11.2. The maximum absolute atomic E-state index is 10.9. The van der Waals surface area contributed by atoms with Gasteiger partial charge in [0.1, 0.15) is 17.1 Å². The second-order valence-corrected chi connectivity index (χ2v) is 8.61. The summed E-state index contributed by atoms with van der Waals surface area (Å²) in [5, 5.41) is 19.9. The van der Waals surface area contributed by atoms with E-state index in [1.165, 1.54) is 57.8 Å². The van der Waals surface area contributed by atoms with Gasteiger partial charge in [-0.1, -0.05) is 101 Å². The van der Waals surface area contributed by atoms with Crippen LogP contribution in [0.3, 0.4) is 0 Å². The average Bonchev–Trinajstić information content (AvgIpc) is 3.28. The van der Waals surface area contributed by atoms with Crippen LogP contribution in [0.2, 0.25) is 0 Å². The van der Waals surface area contributed by atoms with Crippen LogP contribution < -0.4 is 0 Å².